The lowest BCUT2D eigenvalue weighted by Crippen LogP contribution is -2.18. The van der Waals surface area contributed by atoms with Crippen LogP contribution in [-0.2, 0) is 6.54 Å². The van der Waals surface area contributed by atoms with Gasteiger partial charge in [0.2, 0.25) is 0 Å². The molecule has 2 aromatic carbocycles. The predicted molar refractivity (Wildman–Crippen MR) is 108 cm³/mol. The van der Waals surface area contributed by atoms with Crippen molar-refractivity contribution in [3.63, 3.8) is 0 Å². The third kappa shape index (κ3) is 4.60. The number of amides is 1. The maximum absolute atomic E-state index is 12.6. The first-order valence-corrected chi connectivity index (χ1v) is 8.89. The van der Waals surface area contributed by atoms with E-state index in [1.54, 1.807) is 24.4 Å². The van der Waals surface area contributed by atoms with Crippen molar-refractivity contribution in [2.24, 2.45) is 0 Å². The Bertz CT molecular complexity index is 980. The SMILES string of the molecule is N#Cc1c(NC(=O)c2ccc(CNCCO)cn2)cccc1-c1ccccc1. The average molecular weight is 372 g/mol. The van der Waals surface area contributed by atoms with Crippen molar-refractivity contribution in [3.8, 4) is 17.2 Å². The highest BCUT2D eigenvalue weighted by Crippen LogP contribution is 2.28. The van der Waals surface area contributed by atoms with Gasteiger partial charge in [0.25, 0.3) is 5.91 Å². The maximum Gasteiger partial charge on any atom is 0.274 e. The fraction of sp³-hybridized carbons (Fsp3) is 0.136. The minimum absolute atomic E-state index is 0.0667. The van der Waals surface area contributed by atoms with Crippen LogP contribution in [0.2, 0.25) is 0 Å². The van der Waals surface area contributed by atoms with Gasteiger partial charge >= 0.3 is 0 Å². The van der Waals surface area contributed by atoms with Gasteiger partial charge in [-0.05, 0) is 23.3 Å². The van der Waals surface area contributed by atoms with Crippen LogP contribution in [0.3, 0.4) is 0 Å². The second kappa shape index (κ2) is 9.42. The van der Waals surface area contributed by atoms with E-state index in [0.29, 0.717) is 24.3 Å². The first-order chi connectivity index (χ1) is 13.7. The Labute approximate surface area is 163 Å². The van der Waals surface area contributed by atoms with Crippen LogP contribution in [-0.4, -0.2) is 29.1 Å². The van der Waals surface area contributed by atoms with Crippen molar-refractivity contribution in [1.82, 2.24) is 10.3 Å². The van der Waals surface area contributed by atoms with Crippen molar-refractivity contribution in [2.75, 3.05) is 18.5 Å². The van der Waals surface area contributed by atoms with E-state index in [4.69, 9.17) is 5.11 Å². The zero-order valence-corrected chi connectivity index (χ0v) is 15.2. The summed E-state index contributed by atoms with van der Waals surface area (Å²) in [5, 5.41) is 24.3. The quantitative estimate of drug-likeness (QED) is 0.554. The van der Waals surface area contributed by atoms with Gasteiger partial charge in [0.05, 0.1) is 17.9 Å². The zero-order chi connectivity index (χ0) is 19.8. The van der Waals surface area contributed by atoms with E-state index in [0.717, 1.165) is 16.7 Å². The molecule has 0 saturated carbocycles. The molecule has 1 amide bonds. The highest BCUT2D eigenvalue weighted by Gasteiger charge is 2.14. The molecule has 0 aliphatic rings. The number of carbonyl (C=O) groups is 1. The van der Waals surface area contributed by atoms with E-state index in [9.17, 15) is 10.1 Å². The molecule has 3 aromatic rings. The standard InChI is InChI=1S/C22H20N4O2/c23-13-19-18(17-5-2-1-3-6-17)7-4-8-20(19)26-22(28)21-10-9-16(15-25-21)14-24-11-12-27/h1-10,15,24,27H,11-12,14H2,(H,26,28). The summed E-state index contributed by atoms with van der Waals surface area (Å²) in [5.41, 5.74) is 3.71. The Morgan fingerprint density at radius 3 is 2.57 bits per heavy atom. The summed E-state index contributed by atoms with van der Waals surface area (Å²) in [7, 11) is 0. The second-order valence-corrected chi connectivity index (χ2v) is 6.11. The van der Waals surface area contributed by atoms with Gasteiger partial charge in [-0.25, -0.2) is 0 Å². The highest BCUT2D eigenvalue weighted by molar-refractivity contribution is 6.04. The molecule has 0 atom stereocenters. The van der Waals surface area contributed by atoms with Crippen LogP contribution in [0.1, 0.15) is 21.6 Å². The van der Waals surface area contributed by atoms with Crippen LogP contribution in [0, 0.1) is 11.3 Å². The number of hydrogen-bond donors (Lipinski definition) is 3. The smallest absolute Gasteiger partial charge is 0.274 e. The van der Waals surface area contributed by atoms with Gasteiger partial charge in [-0.15, -0.1) is 0 Å². The van der Waals surface area contributed by atoms with E-state index in [-0.39, 0.29) is 18.2 Å². The third-order valence-corrected chi connectivity index (χ3v) is 4.18. The first kappa shape index (κ1) is 19.2. The maximum atomic E-state index is 12.6. The number of nitriles is 1. The van der Waals surface area contributed by atoms with Crippen LogP contribution in [0.4, 0.5) is 5.69 Å². The van der Waals surface area contributed by atoms with Gasteiger partial charge in [-0.3, -0.25) is 9.78 Å². The molecule has 0 aliphatic carbocycles. The molecule has 1 aromatic heterocycles. The first-order valence-electron chi connectivity index (χ1n) is 8.89. The van der Waals surface area contributed by atoms with Gasteiger partial charge in [0, 0.05) is 24.8 Å². The van der Waals surface area contributed by atoms with Crippen LogP contribution < -0.4 is 10.6 Å². The molecule has 6 nitrogen and oxygen atoms in total. The normalized spacial score (nSPS) is 10.3. The molecule has 6 heteroatoms. The number of rotatable bonds is 7. The Morgan fingerprint density at radius 2 is 1.89 bits per heavy atom. The van der Waals surface area contributed by atoms with Crippen molar-refractivity contribution >= 4 is 11.6 Å². The molecule has 140 valence electrons. The molecule has 0 unspecified atom stereocenters. The summed E-state index contributed by atoms with van der Waals surface area (Å²) in [5.74, 6) is -0.378. The monoisotopic (exact) mass is 372 g/mol. The minimum Gasteiger partial charge on any atom is -0.395 e. The summed E-state index contributed by atoms with van der Waals surface area (Å²) in [4.78, 5) is 16.8. The van der Waals surface area contributed by atoms with Gasteiger partial charge in [-0.2, -0.15) is 5.26 Å². The fourth-order valence-electron chi connectivity index (χ4n) is 2.80. The Morgan fingerprint density at radius 1 is 1.07 bits per heavy atom. The molecule has 28 heavy (non-hydrogen) atoms. The molecule has 3 N–H and O–H groups in total. The largest absolute Gasteiger partial charge is 0.395 e. The fourth-order valence-corrected chi connectivity index (χ4v) is 2.80. The molecular weight excluding hydrogens is 352 g/mol. The number of anilines is 1. The molecule has 0 spiro atoms. The van der Waals surface area contributed by atoms with Crippen molar-refractivity contribution in [2.45, 2.75) is 6.54 Å². The van der Waals surface area contributed by atoms with E-state index in [2.05, 4.69) is 21.7 Å². The van der Waals surface area contributed by atoms with Gasteiger partial charge in [0.15, 0.2) is 0 Å². The molecule has 0 aliphatic heterocycles. The molecule has 0 fully saturated rings. The zero-order valence-electron chi connectivity index (χ0n) is 15.2. The summed E-state index contributed by atoms with van der Waals surface area (Å²) in [6.07, 6.45) is 1.62. The topological polar surface area (TPSA) is 98.0 Å². The summed E-state index contributed by atoms with van der Waals surface area (Å²) < 4.78 is 0. The number of pyridine rings is 1. The van der Waals surface area contributed by atoms with Crippen molar-refractivity contribution < 1.29 is 9.90 Å². The average Bonchev–Trinajstić information content (AvgIpc) is 2.75. The second-order valence-electron chi connectivity index (χ2n) is 6.11. The van der Waals surface area contributed by atoms with Crippen molar-refractivity contribution in [3.05, 3.63) is 83.7 Å². The van der Waals surface area contributed by atoms with E-state index in [1.807, 2.05) is 42.5 Å². The van der Waals surface area contributed by atoms with Crippen LogP contribution in [0.25, 0.3) is 11.1 Å². The van der Waals surface area contributed by atoms with E-state index >= 15 is 0 Å². The number of nitrogens with zero attached hydrogens (tertiary/aromatic N) is 2. The minimum atomic E-state index is -0.378. The number of aromatic nitrogens is 1. The molecule has 3 rings (SSSR count). The molecule has 0 radical (unpaired) electrons. The van der Waals surface area contributed by atoms with E-state index < -0.39 is 0 Å². The molecule has 0 saturated heterocycles. The van der Waals surface area contributed by atoms with E-state index in [1.165, 1.54) is 0 Å². The summed E-state index contributed by atoms with van der Waals surface area (Å²) in [6.45, 7) is 1.13. The number of hydrogen-bond acceptors (Lipinski definition) is 5. The predicted octanol–water partition coefficient (Wildman–Crippen LogP) is 2.95. The lowest BCUT2D eigenvalue weighted by atomic mass is 9.99. The van der Waals surface area contributed by atoms with Gasteiger partial charge in [0.1, 0.15) is 11.8 Å². The third-order valence-electron chi connectivity index (χ3n) is 4.18. The lowest BCUT2D eigenvalue weighted by Gasteiger charge is -2.11. The molecular formula is C22H20N4O2. The number of aliphatic hydroxyl groups is 1. The number of nitrogens with one attached hydrogen (secondary N) is 2. The van der Waals surface area contributed by atoms with Crippen molar-refractivity contribution in [1.29, 1.82) is 5.26 Å². The Kier molecular flexibility index (Phi) is 6.47. The van der Waals surface area contributed by atoms with Gasteiger partial charge in [-0.1, -0.05) is 48.5 Å². The molecule has 0 bridgehead atoms. The summed E-state index contributed by atoms with van der Waals surface area (Å²) >= 11 is 0. The van der Waals surface area contributed by atoms with Crippen LogP contribution in [0.15, 0.2) is 66.9 Å². The van der Waals surface area contributed by atoms with Crippen LogP contribution in [0.5, 0.6) is 0 Å². The number of benzene rings is 2. The Hall–Kier alpha value is -3.53. The van der Waals surface area contributed by atoms with Gasteiger partial charge < -0.3 is 15.7 Å². The summed E-state index contributed by atoms with van der Waals surface area (Å²) in [6, 6.07) is 20.6. The number of aliphatic hydroxyl groups excluding tert-OH is 1. The number of carbonyl (C=O) groups excluding carboxylic acids is 1. The van der Waals surface area contributed by atoms with Crippen LogP contribution >= 0.6 is 0 Å². The Balaban J connectivity index is 1.78. The highest BCUT2D eigenvalue weighted by atomic mass is 16.3. The lowest BCUT2D eigenvalue weighted by molar-refractivity contribution is 0.102. The molecule has 1 heterocycles.